The van der Waals surface area contributed by atoms with E-state index in [1.807, 2.05) is 30.3 Å². The fraction of sp³-hybridized carbons (Fsp3) is 0.306. The van der Waals surface area contributed by atoms with Gasteiger partial charge >= 0.3 is 5.97 Å². The summed E-state index contributed by atoms with van der Waals surface area (Å²) in [5.41, 5.74) is 6.59. The van der Waals surface area contributed by atoms with Gasteiger partial charge in [-0.15, -0.1) is 0 Å². The van der Waals surface area contributed by atoms with E-state index in [-0.39, 0.29) is 5.97 Å². The Labute approximate surface area is 234 Å². The largest absolute Gasteiger partial charge is 0.494 e. The summed E-state index contributed by atoms with van der Waals surface area (Å²) in [4.78, 5) is 11.0. The predicted molar refractivity (Wildman–Crippen MR) is 160 cm³/mol. The van der Waals surface area contributed by atoms with E-state index in [0.717, 1.165) is 72.9 Å². The lowest BCUT2D eigenvalue weighted by atomic mass is 10.0. The molecular weight excluding hydrogens is 480 g/mol. The molecule has 3 aromatic carbocycles. The number of hydrogen-bond acceptors (Lipinski definition) is 3. The van der Waals surface area contributed by atoms with E-state index in [9.17, 15) is 4.79 Å². The summed E-state index contributed by atoms with van der Waals surface area (Å²) >= 11 is 0. The van der Waals surface area contributed by atoms with E-state index in [4.69, 9.17) is 9.47 Å². The van der Waals surface area contributed by atoms with Crippen LogP contribution in [0.2, 0.25) is 0 Å². The third-order valence-corrected chi connectivity index (χ3v) is 6.24. The van der Waals surface area contributed by atoms with Crippen LogP contribution in [-0.4, -0.2) is 19.2 Å². The Morgan fingerprint density at radius 1 is 0.769 bits per heavy atom. The number of carbonyl (C=O) groups is 1. The molecule has 0 fully saturated rings. The molecule has 0 aromatic heterocycles. The second kappa shape index (κ2) is 16.6. The molecule has 200 valence electrons. The number of hydrogen-bond donors (Lipinski definition) is 0. The molecule has 0 aliphatic carbocycles. The van der Waals surface area contributed by atoms with Gasteiger partial charge in [0, 0.05) is 28.3 Å². The lowest BCUT2D eigenvalue weighted by Gasteiger charge is -2.06. The zero-order chi connectivity index (χ0) is 27.7. The summed E-state index contributed by atoms with van der Waals surface area (Å²) in [6.07, 6.45) is 8.20. The molecule has 3 heteroatoms. The van der Waals surface area contributed by atoms with Gasteiger partial charge < -0.3 is 9.47 Å². The maximum absolute atomic E-state index is 11.0. The molecule has 0 saturated heterocycles. The molecule has 3 aromatic rings. The van der Waals surface area contributed by atoms with Gasteiger partial charge in [0.05, 0.1) is 13.2 Å². The van der Waals surface area contributed by atoms with Gasteiger partial charge in [0.25, 0.3) is 0 Å². The highest BCUT2D eigenvalue weighted by Gasteiger charge is 2.01. The number of benzene rings is 3. The fourth-order valence-corrected chi connectivity index (χ4v) is 4.03. The van der Waals surface area contributed by atoms with Crippen LogP contribution in [0.3, 0.4) is 0 Å². The van der Waals surface area contributed by atoms with Gasteiger partial charge in [0.2, 0.25) is 0 Å². The van der Waals surface area contributed by atoms with Crippen molar-refractivity contribution in [2.45, 2.75) is 58.8 Å². The maximum Gasteiger partial charge on any atom is 0.330 e. The molecule has 0 aliphatic rings. The van der Waals surface area contributed by atoms with Crippen LogP contribution < -0.4 is 4.74 Å². The summed E-state index contributed by atoms with van der Waals surface area (Å²) in [6.45, 7) is 8.83. The molecule has 0 heterocycles. The van der Waals surface area contributed by atoms with Crippen LogP contribution in [0.1, 0.15) is 79.3 Å². The van der Waals surface area contributed by atoms with Crippen LogP contribution in [0.25, 0.3) is 0 Å². The van der Waals surface area contributed by atoms with Crippen molar-refractivity contribution in [3.05, 3.63) is 113 Å². The normalized spacial score (nSPS) is 10.0. The first-order chi connectivity index (χ1) is 19.1. The molecule has 39 heavy (non-hydrogen) atoms. The summed E-state index contributed by atoms with van der Waals surface area (Å²) in [5, 5.41) is 0. The predicted octanol–water partition coefficient (Wildman–Crippen LogP) is 7.67. The van der Waals surface area contributed by atoms with Crippen LogP contribution >= 0.6 is 0 Å². The average molecular weight is 519 g/mol. The fourth-order valence-electron chi connectivity index (χ4n) is 4.03. The van der Waals surface area contributed by atoms with Crippen LogP contribution in [0, 0.1) is 23.7 Å². The molecule has 0 atom stereocenters. The minimum atomic E-state index is -0.361. The highest BCUT2D eigenvalue weighted by molar-refractivity contribution is 5.81. The summed E-state index contributed by atoms with van der Waals surface area (Å²) in [6, 6.07) is 22.7. The van der Waals surface area contributed by atoms with E-state index < -0.39 is 0 Å². The Bertz CT molecular complexity index is 1330. The quantitative estimate of drug-likeness (QED) is 0.107. The number of unbranched alkanes of at least 4 members (excludes halogenated alkanes) is 3. The van der Waals surface area contributed by atoms with Crippen molar-refractivity contribution in [1.29, 1.82) is 0 Å². The molecule has 0 radical (unpaired) electrons. The molecule has 0 amide bonds. The van der Waals surface area contributed by atoms with Crippen molar-refractivity contribution in [1.82, 2.24) is 0 Å². The molecule has 0 bridgehead atoms. The molecule has 3 nitrogen and oxygen atoms in total. The van der Waals surface area contributed by atoms with Crippen LogP contribution in [-0.2, 0) is 22.4 Å². The Morgan fingerprint density at radius 3 is 2.05 bits per heavy atom. The van der Waals surface area contributed by atoms with Crippen LogP contribution in [0.15, 0.2) is 79.4 Å². The molecule has 0 saturated carbocycles. The third kappa shape index (κ3) is 10.6. The SMILES string of the molecule is C=CC(=O)OCCCCCCOc1ccc(C#Cc2ccc(C#Cc3ccc(CCC)cc3)cc2CC)cc1. The van der Waals surface area contributed by atoms with Gasteiger partial charge in [-0.3, -0.25) is 0 Å². The molecule has 0 spiro atoms. The van der Waals surface area contributed by atoms with E-state index in [0.29, 0.717) is 13.2 Å². The first-order valence-corrected chi connectivity index (χ1v) is 13.9. The second-order valence-corrected chi connectivity index (χ2v) is 9.33. The van der Waals surface area contributed by atoms with Gasteiger partial charge in [0.15, 0.2) is 0 Å². The molecule has 0 N–H and O–H groups in total. The lowest BCUT2D eigenvalue weighted by Crippen LogP contribution is -2.02. The average Bonchev–Trinajstić information content (AvgIpc) is 2.97. The number of aryl methyl sites for hydroxylation is 2. The first kappa shape index (κ1) is 29.3. The van der Waals surface area contributed by atoms with Crippen molar-refractivity contribution >= 4 is 5.97 Å². The van der Waals surface area contributed by atoms with Gasteiger partial charge in [0.1, 0.15) is 5.75 Å². The van der Waals surface area contributed by atoms with Crippen molar-refractivity contribution in [3.63, 3.8) is 0 Å². The molecule has 3 rings (SSSR count). The Balaban J connectivity index is 1.49. The Hall–Kier alpha value is -4.21. The highest BCUT2D eigenvalue weighted by Crippen LogP contribution is 2.15. The summed E-state index contributed by atoms with van der Waals surface area (Å²) in [7, 11) is 0. The second-order valence-electron chi connectivity index (χ2n) is 9.33. The van der Waals surface area contributed by atoms with Gasteiger partial charge in [-0.25, -0.2) is 4.79 Å². The van der Waals surface area contributed by atoms with E-state index >= 15 is 0 Å². The Morgan fingerprint density at radius 2 is 1.38 bits per heavy atom. The maximum atomic E-state index is 11.0. The summed E-state index contributed by atoms with van der Waals surface area (Å²) in [5.74, 6) is 13.7. The zero-order valence-electron chi connectivity index (χ0n) is 23.2. The van der Waals surface area contributed by atoms with E-state index in [1.54, 1.807) is 0 Å². The van der Waals surface area contributed by atoms with Crippen molar-refractivity contribution < 1.29 is 14.3 Å². The van der Waals surface area contributed by atoms with Crippen LogP contribution in [0.4, 0.5) is 0 Å². The minimum Gasteiger partial charge on any atom is -0.494 e. The zero-order valence-corrected chi connectivity index (χ0v) is 23.2. The molecule has 0 unspecified atom stereocenters. The smallest absolute Gasteiger partial charge is 0.330 e. The van der Waals surface area contributed by atoms with E-state index in [1.165, 1.54) is 17.2 Å². The van der Waals surface area contributed by atoms with Crippen molar-refractivity contribution in [3.8, 4) is 29.4 Å². The van der Waals surface area contributed by atoms with Gasteiger partial charge in [-0.2, -0.15) is 0 Å². The third-order valence-electron chi connectivity index (χ3n) is 6.24. The number of rotatable bonds is 12. The number of esters is 1. The topological polar surface area (TPSA) is 35.5 Å². The number of carbonyl (C=O) groups excluding carboxylic acids is 1. The number of ether oxygens (including phenoxy) is 2. The minimum absolute atomic E-state index is 0.361. The van der Waals surface area contributed by atoms with Gasteiger partial charge in [-0.05, 0) is 104 Å². The lowest BCUT2D eigenvalue weighted by molar-refractivity contribution is -0.137. The summed E-state index contributed by atoms with van der Waals surface area (Å²) < 4.78 is 10.8. The molecule has 0 aliphatic heterocycles. The van der Waals surface area contributed by atoms with Gasteiger partial charge in [-0.1, -0.05) is 62.7 Å². The van der Waals surface area contributed by atoms with E-state index in [2.05, 4.69) is 80.5 Å². The van der Waals surface area contributed by atoms with Crippen molar-refractivity contribution in [2.24, 2.45) is 0 Å². The first-order valence-electron chi connectivity index (χ1n) is 13.9. The highest BCUT2D eigenvalue weighted by atomic mass is 16.5. The van der Waals surface area contributed by atoms with Crippen LogP contribution in [0.5, 0.6) is 5.75 Å². The monoisotopic (exact) mass is 518 g/mol. The molecular formula is C36H38O3. The Kier molecular flexibility index (Phi) is 12.5. The van der Waals surface area contributed by atoms with Crippen molar-refractivity contribution in [2.75, 3.05) is 13.2 Å². The standard InChI is InChI=1S/C36H38O3/c1-4-11-29-12-14-30(15-13-29)16-17-32-19-23-34(33(5-2)28-32)22-18-31-20-24-35(25-21-31)38-26-9-7-8-10-27-39-36(37)6-3/h6,12-15,19-21,23-25,28H,3-5,7-11,26-27H2,1-2H3.